The molecule has 0 unspecified atom stereocenters. The fraction of sp³-hybridized carbons (Fsp3) is 0. The largest absolute Gasteiger partial charge is 0.355 e. The van der Waals surface area contributed by atoms with Crippen molar-refractivity contribution in [2.24, 2.45) is 0 Å². The van der Waals surface area contributed by atoms with Crippen LogP contribution in [-0.2, 0) is 0 Å². The molecule has 0 spiro atoms. The third kappa shape index (κ3) is 1.09. The van der Waals surface area contributed by atoms with E-state index in [9.17, 15) is 0 Å². The molecule has 0 saturated carbocycles. The average molecular weight is 191 g/mol. The van der Waals surface area contributed by atoms with E-state index >= 15 is 0 Å². The van der Waals surface area contributed by atoms with Gasteiger partial charge in [-0.1, -0.05) is 36.3 Å². The van der Waals surface area contributed by atoms with Gasteiger partial charge in [-0.2, -0.15) is 0 Å². The number of para-hydroxylation sites is 2. The normalized spacial score (nSPS) is 17.3. The quantitative estimate of drug-likeness (QED) is 0.561. The second-order valence-electron chi connectivity index (χ2n) is 2.70. The number of aromatic nitrogens is 1. The lowest BCUT2D eigenvalue weighted by atomic mass is 10.2. The molecule has 2 nitrogen and oxygen atoms in total. The summed E-state index contributed by atoms with van der Waals surface area (Å²) in [6, 6.07) is 1.29. The van der Waals surface area contributed by atoms with Crippen LogP contribution in [0, 0.1) is 0 Å². The third-order valence-electron chi connectivity index (χ3n) is 1.93. The first-order chi connectivity index (χ1) is 9.36. The van der Waals surface area contributed by atoms with Crippen LogP contribution in [0.3, 0.4) is 0 Å². The first-order valence-electron chi connectivity index (χ1n) is 7.31. The second-order valence-corrected chi connectivity index (χ2v) is 2.70. The van der Waals surface area contributed by atoms with E-state index in [0.29, 0.717) is 5.52 Å². The average Bonchev–Trinajstić information content (AvgIpc) is 2.72. The van der Waals surface area contributed by atoms with Crippen molar-refractivity contribution in [2.45, 2.75) is 0 Å². The van der Waals surface area contributed by atoms with Crippen LogP contribution in [0.4, 0.5) is 0 Å². The standard InChI is InChI=1S/C12H9N.H3N/c1-3-7-11-9(5-1)10-6-2-4-8-12(10)13-11;/h1-8,13H;1H3/i1D,2D,3D,5D,6D,7D;/hD. The van der Waals surface area contributed by atoms with E-state index in [-0.39, 0.29) is 46.6 Å². The van der Waals surface area contributed by atoms with Crippen molar-refractivity contribution in [3.8, 4) is 0 Å². The maximum atomic E-state index is 8.01. The monoisotopic (exact) mass is 191 g/mol. The summed E-state index contributed by atoms with van der Waals surface area (Å²) in [5.74, 6) is 0. The molecule has 0 amide bonds. The smallest absolute Gasteiger partial charge is 0.167 e. The zero-order chi connectivity index (χ0) is 14.8. The topological polar surface area (TPSA) is 50.8 Å². The van der Waals surface area contributed by atoms with Crippen molar-refractivity contribution in [1.29, 1.82) is 0 Å². The first-order valence-corrected chi connectivity index (χ1v) is 3.86. The highest BCUT2D eigenvalue weighted by molar-refractivity contribution is 6.06. The fourth-order valence-electron chi connectivity index (χ4n) is 1.36. The van der Waals surface area contributed by atoms with Gasteiger partial charge < -0.3 is 11.1 Å². The van der Waals surface area contributed by atoms with Crippen LogP contribution in [0.5, 0.6) is 0 Å². The molecular weight excluding hydrogens is 172 g/mol. The minimum atomic E-state index is -0.406. The fourth-order valence-corrected chi connectivity index (χ4v) is 1.36. The lowest BCUT2D eigenvalue weighted by molar-refractivity contribution is 1.55. The molecule has 2 aromatic carbocycles. The Morgan fingerprint density at radius 3 is 2.64 bits per heavy atom. The van der Waals surface area contributed by atoms with Crippen LogP contribution >= 0.6 is 0 Å². The molecule has 2 heteroatoms. The molecule has 0 fully saturated rings. The summed E-state index contributed by atoms with van der Waals surface area (Å²) in [4.78, 5) is 0.903. The second kappa shape index (κ2) is 3.16. The molecule has 3 aromatic rings. The SMILES string of the molecule is N.[2H]c1ccc2c(c1[2H])c1c([2H])c([2H])c([2H])c([2H])c1n2[2H]. The van der Waals surface area contributed by atoms with Gasteiger partial charge in [-0.3, -0.25) is 0 Å². The summed E-state index contributed by atoms with van der Waals surface area (Å²) in [5, 5.41) is 0.342. The summed E-state index contributed by atoms with van der Waals surface area (Å²) >= 11 is 0. The molecular formula is C12H12N2. The molecule has 1 aromatic heterocycles. The summed E-state index contributed by atoms with van der Waals surface area (Å²) in [6.45, 7) is 0. The summed E-state index contributed by atoms with van der Waals surface area (Å²) < 4.78 is 54.8. The van der Waals surface area contributed by atoms with Gasteiger partial charge in [0, 0.05) is 21.8 Å². The molecule has 70 valence electrons. The molecule has 14 heavy (non-hydrogen) atoms. The molecule has 0 saturated heterocycles. The zero-order valence-electron chi connectivity index (χ0n) is 14.3. The van der Waals surface area contributed by atoms with E-state index in [1.165, 1.54) is 12.1 Å². The number of H-pyrrole nitrogens is 1. The highest BCUT2D eigenvalue weighted by Crippen LogP contribution is 2.24. The Hall–Kier alpha value is -1.80. The van der Waals surface area contributed by atoms with E-state index in [0.717, 1.165) is 4.98 Å². The Morgan fingerprint density at radius 1 is 1.00 bits per heavy atom. The van der Waals surface area contributed by atoms with Gasteiger partial charge >= 0.3 is 0 Å². The molecule has 4 N–H and O–H groups in total. The van der Waals surface area contributed by atoms with E-state index in [1.807, 2.05) is 0 Å². The molecule has 3 rings (SSSR count). The highest BCUT2D eigenvalue weighted by atomic mass is 14.7. The van der Waals surface area contributed by atoms with Gasteiger partial charge in [0.05, 0.1) is 8.22 Å². The van der Waals surface area contributed by atoms with Gasteiger partial charge in [0.2, 0.25) is 0 Å². The lowest BCUT2D eigenvalue weighted by Gasteiger charge is -1.87. The van der Waals surface area contributed by atoms with Crippen LogP contribution in [0.15, 0.2) is 48.4 Å². The van der Waals surface area contributed by atoms with Gasteiger partial charge in [-0.25, -0.2) is 0 Å². The zero-order valence-corrected chi connectivity index (χ0v) is 7.31. The minimum absolute atomic E-state index is 0. The Bertz CT molecular complexity index is 885. The van der Waals surface area contributed by atoms with Crippen LogP contribution in [0.1, 0.15) is 8.22 Å². The Labute approximate surface area is 92.0 Å². The first kappa shape index (κ1) is 3.75. The van der Waals surface area contributed by atoms with Crippen LogP contribution in [0.25, 0.3) is 21.8 Å². The predicted molar refractivity (Wildman–Crippen MR) is 60.8 cm³/mol. The number of nitrogens with one attached hydrogen (secondary N) is 1. The van der Waals surface area contributed by atoms with E-state index in [2.05, 4.69) is 0 Å². The number of hydrogen-bond donors (Lipinski definition) is 2. The van der Waals surface area contributed by atoms with Crippen molar-refractivity contribution in [1.82, 2.24) is 11.1 Å². The van der Waals surface area contributed by atoms with Crippen molar-refractivity contribution in [3.63, 3.8) is 0 Å². The molecule has 0 bridgehead atoms. The Balaban J connectivity index is 0.00000161. The summed E-state index contributed by atoms with van der Waals surface area (Å²) in [5.41, 5.74) is 0.332. The Morgan fingerprint density at radius 2 is 1.71 bits per heavy atom. The Kier molecular flexibility index (Phi) is 0.847. The van der Waals surface area contributed by atoms with Crippen molar-refractivity contribution in [2.75, 3.05) is 0 Å². The molecule has 0 aliphatic rings. The van der Waals surface area contributed by atoms with Crippen molar-refractivity contribution < 1.29 is 9.64 Å². The number of hydrogen-bond acceptors (Lipinski definition) is 1. The van der Waals surface area contributed by atoms with Crippen LogP contribution in [0.2, 0.25) is 1.41 Å². The maximum Gasteiger partial charge on any atom is 0.167 e. The summed E-state index contributed by atoms with van der Waals surface area (Å²) in [7, 11) is 0. The number of rotatable bonds is 0. The van der Waals surface area contributed by atoms with E-state index in [4.69, 9.17) is 9.64 Å². The molecule has 0 radical (unpaired) electrons. The lowest BCUT2D eigenvalue weighted by Crippen LogP contribution is -1.62. The van der Waals surface area contributed by atoms with E-state index in [1.54, 1.807) is 0 Å². The molecule has 0 aliphatic heterocycles. The maximum absolute atomic E-state index is 8.01. The molecule has 0 atom stereocenters. The number of fused-ring (bicyclic) bond motifs is 3. The summed E-state index contributed by atoms with van der Waals surface area (Å²) in [6.07, 6.45) is 0. The van der Waals surface area contributed by atoms with Crippen LogP contribution in [-0.4, -0.2) is 4.98 Å². The third-order valence-corrected chi connectivity index (χ3v) is 1.93. The van der Waals surface area contributed by atoms with Crippen molar-refractivity contribution >= 4 is 21.8 Å². The number of benzene rings is 2. The predicted octanol–water partition coefficient (Wildman–Crippen LogP) is 3.48. The molecule has 1 heterocycles. The van der Waals surface area contributed by atoms with Gasteiger partial charge in [0.15, 0.2) is 1.41 Å². The van der Waals surface area contributed by atoms with Gasteiger partial charge in [0.1, 0.15) is 0 Å². The van der Waals surface area contributed by atoms with E-state index < -0.39 is 12.1 Å². The van der Waals surface area contributed by atoms with Gasteiger partial charge in [-0.15, -0.1) is 0 Å². The minimum Gasteiger partial charge on any atom is -0.355 e. The highest BCUT2D eigenvalue weighted by Gasteiger charge is 2.00. The van der Waals surface area contributed by atoms with Crippen LogP contribution < -0.4 is 6.15 Å². The van der Waals surface area contributed by atoms with Gasteiger partial charge in [-0.05, 0) is 12.1 Å². The van der Waals surface area contributed by atoms with Gasteiger partial charge in [0.25, 0.3) is 0 Å². The number of aromatic amines is 1. The molecule has 0 aliphatic carbocycles. The van der Waals surface area contributed by atoms with Crippen molar-refractivity contribution in [3.05, 3.63) is 48.4 Å².